The second kappa shape index (κ2) is 8.02. The second-order valence-electron chi connectivity index (χ2n) is 9.37. The summed E-state index contributed by atoms with van der Waals surface area (Å²) >= 11 is 0. The van der Waals surface area contributed by atoms with E-state index in [0.29, 0.717) is 33.4 Å². The summed E-state index contributed by atoms with van der Waals surface area (Å²) in [7, 11) is -0.846. The lowest BCUT2D eigenvalue weighted by Crippen LogP contribution is -2.44. The van der Waals surface area contributed by atoms with Crippen LogP contribution in [0.3, 0.4) is 0 Å². The van der Waals surface area contributed by atoms with Crippen molar-refractivity contribution in [3.63, 3.8) is 0 Å². The number of ether oxygens (including phenoxy) is 1. The average molecular weight is 502 g/mol. The Labute approximate surface area is 201 Å². The third-order valence-corrected chi connectivity index (χ3v) is 8.51. The number of carbonyl (C=O) groups is 1. The van der Waals surface area contributed by atoms with Gasteiger partial charge in [0.05, 0.1) is 37.8 Å². The highest BCUT2D eigenvalue weighted by atomic mass is 28.3. The fourth-order valence-corrected chi connectivity index (χ4v) is 5.87. The van der Waals surface area contributed by atoms with E-state index in [-0.39, 0.29) is 37.1 Å². The molecule has 6 nitrogen and oxygen atoms in total. The Morgan fingerprint density at radius 1 is 1.20 bits per heavy atom. The topological polar surface area (TPSA) is 81.4 Å². The van der Waals surface area contributed by atoms with Gasteiger partial charge in [0, 0.05) is 22.9 Å². The smallest absolute Gasteiger partial charge is 0.389 e. The first-order valence-corrected chi connectivity index (χ1v) is 13.9. The van der Waals surface area contributed by atoms with Gasteiger partial charge in [-0.15, -0.1) is 0 Å². The molecule has 10 heteroatoms. The van der Waals surface area contributed by atoms with Crippen LogP contribution >= 0.6 is 0 Å². The van der Waals surface area contributed by atoms with E-state index in [4.69, 9.17) is 9.72 Å². The van der Waals surface area contributed by atoms with Crippen molar-refractivity contribution in [2.75, 3.05) is 0 Å². The fourth-order valence-electron chi connectivity index (χ4n) is 5.03. The van der Waals surface area contributed by atoms with E-state index in [9.17, 15) is 27.9 Å². The Hall–Kier alpha value is -2.98. The van der Waals surface area contributed by atoms with Crippen LogP contribution in [0.15, 0.2) is 29.1 Å². The zero-order chi connectivity index (χ0) is 25.3. The fraction of sp³-hybridized carbons (Fsp3) is 0.400. The molecule has 0 spiro atoms. The van der Waals surface area contributed by atoms with Gasteiger partial charge in [0.2, 0.25) is 0 Å². The Morgan fingerprint density at radius 2 is 1.94 bits per heavy atom. The van der Waals surface area contributed by atoms with Gasteiger partial charge in [-0.25, -0.2) is 9.78 Å². The van der Waals surface area contributed by atoms with E-state index < -0.39 is 38.5 Å². The molecule has 1 aromatic carbocycles. The van der Waals surface area contributed by atoms with Crippen LogP contribution in [0.1, 0.15) is 42.0 Å². The second-order valence-corrected chi connectivity index (χ2v) is 11.9. The molecule has 0 aliphatic carbocycles. The molecule has 35 heavy (non-hydrogen) atoms. The molecule has 2 aliphatic rings. The maximum Gasteiger partial charge on any atom is 0.389 e. The molecule has 0 bridgehead atoms. The number of pyridine rings is 2. The summed E-state index contributed by atoms with van der Waals surface area (Å²) in [5, 5.41) is 12.8. The highest BCUT2D eigenvalue weighted by molar-refractivity contribution is 6.70. The predicted octanol–water partition coefficient (Wildman–Crippen LogP) is 3.54. The average Bonchev–Trinajstić information content (AvgIpc) is 3.17. The van der Waals surface area contributed by atoms with E-state index in [2.05, 4.69) is 13.1 Å². The Morgan fingerprint density at radius 3 is 2.60 bits per heavy atom. The van der Waals surface area contributed by atoms with Crippen LogP contribution in [0.4, 0.5) is 13.2 Å². The van der Waals surface area contributed by atoms with Crippen molar-refractivity contribution in [1.29, 1.82) is 0 Å². The van der Waals surface area contributed by atoms with Crippen molar-refractivity contribution in [3.8, 4) is 11.4 Å². The summed E-state index contributed by atoms with van der Waals surface area (Å²) in [5.74, 6) is -0.823. The molecular weight excluding hydrogens is 477 g/mol. The van der Waals surface area contributed by atoms with E-state index in [1.54, 1.807) is 13.0 Å². The number of benzene rings is 1. The van der Waals surface area contributed by atoms with Crippen LogP contribution in [-0.2, 0) is 34.7 Å². The molecule has 1 N–H and O–H groups in total. The zero-order valence-corrected chi connectivity index (χ0v) is 20.5. The number of fused-ring (bicyclic) bond motifs is 5. The maximum absolute atomic E-state index is 13.4. The van der Waals surface area contributed by atoms with Crippen molar-refractivity contribution in [1.82, 2.24) is 9.55 Å². The summed E-state index contributed by atoms with van der Waals surface area (Å²) in [6.07, 6.45) is -5.54. The van der Waals surface area contributed by atoms with Crippen LogP contribution in [0.2, 0.25) is 13.1 Å². The van der Waals surface area contributed by atoms with Gasteiger partial charge in [0.25, 0.3) is 5.56 Å². The highest BCUT2D eigenvalue weighted by Gasteiger charge is 2.45. The van der Waals surface area contributed by atoms with Crippen LogP contribution in [0, 0.1) is 0 Å². The monoisotopic (exact) mass is 501 g/mol. The van der Waals surface area contributed by atoms with Crippen LogP contribution in [-0.4, -0.2) is 35.6 Å². The summed E-state index contributed by atoms with van der Waals surface area (Å²) in [4.78, 5) is 30.5. The molecule has 2 aliphatic heterocycles. The first-order valence-electron chi connectivity index (χ1n) is 11.4. The normalized spacial score (nSPS) is 19.0. The van der Waals surface area contributed by atoms with Crippen molar-refractivity contribution in [3.05, 3.63) is 56.9 Å². The van der Waals surface area contributed by atoms with E-state index in [0.717, 1.165) is 5.19 Å². The van der Waals surface area contributed by atoms with Crippen molar-refractivity contribution < 1.29 is 27.8 Å². The standard InChI is InChI=1S/C25H24F3N2O4Si/c1-4-24(33)18-10-20-21-16(11-30(20)22(31)17(18)12-34-23(24)32)14(7-8-25(26,27)28)15-9-13(35(2)3)5-6-19(15)29-21/h5-6,9-10,33H,4,7-8,11-12H2,1-3H3/t24-/m0/s1. The summed E-state index contributed by atoms with van der Waals surface area (Å²) in [6.45, 7) is 5.65. The maximum atomic E-state index is 13.4. The molecule has 0 amide bonds. The Balaban J connectivity index is 1.77. The number of halogens is 3. The molecule has 2 aromatic heterocycles. The van der Waals surface area contributed by atoms with Crippen molar-refractivity contribution >= 4 is 30.9 Å². The first-order chi connectivity index (χ1) is 16.4. The quantitative estimate of drug-likeness (QED) is 0.342. The molecule has 1 atom stereocenters. The zero-order valence-electron chi connectivity index (χ0n) is 19.5. The molecule has 3 aromatic rings. The number of aliphatic hydroxyl groups is 1. The van der Waals surface area contributed by atoms with Gasteiger partial charge in [0.15, 0.2) is 5.60 Å². The van der Waals surface area contributed by atoms with Gasteiger partial charge < -0.3 is 14.4 Å². The largest absolute Gasteiger partial charge is 0.458 e. The lowest BCUT2D eigenvalue weighted by Gasteiger charge is -2.31. The number of aryl methyl sites for hydroxylation is 1. The van der Waals surface area contributed by atoms with Gasteiger partial charge >= 0.3 is 12.1 Å². The Bertz CT molecular complexity index is 1450. The van der Waals surface area contributed by atoms with Crippen LogP contribution < -0.4 is 10.7 Å². The lowest BCUT2D eigenvalue weighted by atomic mass is 9.86. The van der Waals surface area contributed by atoms with Crippen molar-refractivity contribution in [2.45, 2.75) is 64.2 Å². The predicted molar refractivity (Wildman–Crippen MR) is 126 cm³/mol. The summed E-state index contributed by atoms with van der Waals surface area (Å²) in [5.41, 5.74) is 0.427. The minimum absolute atomic E-state index is 0.0113. The number of nitrogens with zero attached hydrogens (tertiary/aromatic N) is 2. The number of rotatable bonds is 4. The minimum Gasteiger partial charge on any atom is -0.458 e. The summed E-state index contributed by atoms with van der Waals surface area (Å²) < 4.78 is 46.3. The molecule has 0 fully saturated rings. The Kier molecular flexibility index (Phi) is 5.44. The molecule has 5 rings (SSSR count). The van der Waals surface area contributed by atoms with Gasteiger partial charge in [-0.05, 0) is 30.5 Å². The number of aromatic nitrogens is 2. The number of cyclic esters (lactones) is 1. The summed E-state index contributed by atoms with van der Waals surface area (Å²) in [6, 6.07) is 7.27. The van der Waals surface area contributed by atoms with Gasteiger partial charge in [-0.3, -0.25) is 4.79 Å². The van der Waals surface area contributed by atoms with Gasteiger partial charge in [0.1, 0.15) is 6.61 Å². The molecule has 0 saturated heterocycles. The highest BCUT2D eigenvalue weighted by Crippen LogP contribution is 2.40. The van der Waals surface area contributed by atoms with Crippen LogP contribution in [0.5, 0.6) is 0 Å². The van der Waals surface area contributed by atoms with E-state index >= 15 is 0 Å². The third kappa shape index (κ3) is 3.70. The van der Waals surface area contributed by atoms with Gasteiger partial charge in [-0.1, -0.05) is 37.3 Å². The molecule has 4 heterocycles. The molecule has 183 valence electrons. The van der Waals surface area contributed by atoms with E-state index in [1.807, 2.05) is 18.2 Å². The SMILES string of the molecule is CC[C@@]1(O)C(=O)OCc2c1cc1n(c2=O)Cc2c-1nc1ccc([Si](C)C)cc1c2CCC(F)(F)F. The van der Waals surface area contributed by atoms with Crippen molar-refractivity contribution in [2.24, 2.45) is 0 Å². The number of esters is 1. The molecule has 0 unspecified atom stereocenters. The third-order valence-electron chi connectivity index (χ3n) is 7.04. The number of hydrogen-bond acceptors (Lipinski definition) is 5. The first kappa shape index (κ1) is 23.7. The number of hydrogen-bond donors (Lipinski definition) is 1. The lowest BCUT2D eigenvalue weighted by molar-refractivity contribution is -0.172. The molecule has 1 radical (unpaired) electrons. The number of alkyl halides is 3. The molecular formula is C25H24F3N2O4Si. The number of carbonyl (C=O) groups excluding carboxylic acids is 1. The molecule has 0 saturated carbocycles. The van der Waals surface area contributed by atoms with Gasteiger partial charge in [-0.2, -0.15) is 13.2 Å². The van der Waals surface area contributed by atoms with Crippen LogP contribution in [0.25, 0.3) is 22.3 Å². The van der Waals surface area contributed by atoms with E-state index in [1.165, 1.54) is 4.57 Å². The minimum atomic E-state index is -4.33.